The largest absolute Gasteiger partial charge is 0.340 e. The number of aliphatic imine (C=N–C) groups is 3. The first kappa shape index (κ1) is 24.4. The molecule has 10 heteroatoms. The zero-order chi connectivity index (χ0) is 24.5. The summed E-state index contributed by atoms with van der Waals surface area (Å²) >= 11 is 0. The molecule has 2 saturated heterocycles. The van der Waals surface area contributed by atoms with Crippen LogP contribution in [0.2, 0.25) is 0 Å². The van der Waals surface area contributed by atoms with Crippen molar-refractivity contribution in [2.75, 3.05) is 39.8 Å². The number of carbonyl (C=O) groups is 1. The first-order valence-electron chi connectivity index (χ1n) is 13.9. The minimum atomic E-state index is 0.0243. The van der Waals surface area contributed by atoms with Crippen LogP contribution in [0, 0.1) is 11.8 Å². The molecule has 0 radical (unpaired) electrons. The molecular formula is C26H41N9O. The minimum absolute atomic E-state index is 0.0243. The molecule has 4 aliphatic heterocycles. The van der Waals surface area contributed by atoms with Crippen LogP contribution in [0.25, 0.3) is 0 Å². The van der Waals surface area contributed by atoms with Gasteiger partial charge in [0.1, 0.15) is 24.7 Å². The first-order chi connectivity index (χ1) is 17.7. The van der Waals surface area contributed by atoms with Gasteiger partial charge in [-0.1, -0.05) is 6.08 Å². The van der Waals surface area contributed by atoms with Crippen molar-refractivity contribution in [1.29, 1.82) is 0 Å². The second-order valence-electron chi connectivity index (χ2n) is 11.2. The van der Waals surface area contributed by atoms with Crippen LogP contribution < -0.4 is 21.3 Å². The van der Waals surface area contributed by atoms with Crippen LogP contribution in [0.4, 0.5) is 0 Å². The molecule has 0 bridgehead atoms. The zero-order valence-electron chi connectivity index (χ0n) is 21.4. The molecule has 0 spiro atoms. The molecule has 0 aromatic heterocycles. The van der Waals surface area contributed by atoms with E-state index in [4.69, 9.17) is 9.98 Å². The Hall–Kier alpha value is -1.98. The number of nitrogens with zero attached hydrogens (tertiary/aromatic N) is 5. The van der Waals surface area contributed by atoms with E-state index in [1.165, 1.54) is 5.57 Å². The summed E-state index contributed by atoms with van der Waals surface area (Å²) in [7, 11) is 1.95. The predicted molar refractivity (Wildman–Crippen MR) is 142 cm³/mol. The van der Waals surface area contributed by atoms with Crippen molar-refractivity contribution < 1.29 is 4.79 Å². The van der Waals surface area contributed by atoms with Crippen LogP contribution >= 0.6 is 0 Å². The fourth-order valence-electron chi connectivity index (χ4n) is 6.40. The van der Waals surface area contributed by atoms with E-state index in [1.807, 2.05) is 13.3 Å². The quantitative estimate of drug-likeness (QED) is 0.369. The molecule has 7 atom stereocenters. The Labute approximate surface area is 214 Å². The Bertz CT molecular complexity index is 920. The Balaban J connectivity index is 0.972. The highest BCUT2D eigenvalue weighted by atomic mass is 16.2. The van der Waals surface area contributed by atoms with Gasteiger partial charge < -0.3 is 4.90 Å². The zero-order valence-corrected chi connectivity index (χ0v) is 21.4. The van der Waals surface area contributed by atoms with E-state index in [0.717, 1.165) is 71.2 Å². The number of rotatable bonds is 7. The molecule has 4 N–H and O–H groups in total. The second kappa shape index (κ2) is 10.8. The minimum Gasteiger partial charge on any atom is -0.340 e. The number of piperazine rings is 1. The van der Waals surface area contributed by atoms with Crippen LogP contribution in [0.15, 0.2) is 26.6 Å². The van der Waals surface area contributed by atoms with E-state index in [-0.39, 0.29) is 24.7 Å². The van der Waals surface area contributed by atoms with E-state index in [9.17, 15) is 4.79 Å². The molecule has 6 rings (SSSR count). The summed E-state index contributed by atoms with van der Waals surface area (Å²) in [5.41, 5.74) is 1.37. The molecule has 1 amide bonds. The van der Waals surface area contributed by atoms with Crippen LogP contribution in [0.5, 0.6) is 0 Å². The molecule has 3 fully saturated rings. The van der Waals surface area contributed by atoms with Crippen LogP contribution in [0.1, 0.15) is 38.5 Å². The third-order valence-electron chi connectivity index (χ3n) is 8.61. The lowest BCUT2D eigenvalue weighted by molar-refractivity contribution is -0.134. The fourth-order valence-corrected chi connectivity index (χ4v) is 6.40. The van der Waals surface area contributed by atoms with Gasteiger partial charge in [0.15, 0.2) is 0 Å². The lowest BCUT2D eigenvalue weighted by Crippen LogP contribution is -2.53. The topological polar surface area (TPSA) is 109 Å². The molecule has 0 aromatic rings. The fraction of sp³-hybridized carbons (Fsp3) is 0.769. The van der Waals surface area contributed by atoms with Crippen molar-refractivity contribution in [3.63, 3.8) is 0 Å². The van der Waals surface area contributed by atoms with Crippen LogP contribution in [0.3, 0.4) is 0 Å². The second-order valence-corrected chi connectivity index (χ2v) is 11.2. The van der Waals surface area contributed by atoms with Crippen molar-refractivity contribution in [2.24, 2.45) is 26.8 Å². The maximum Gasteiger partial charge on any atom is 0.225 e. The van der Waals surface area contributed by atoms with Crippen molar-refractivity contribution in [3.05, 3.63) is 11.6 Å². The Morgan fingerprint density at radius 2 is 1.92 bits per heavy atom. The molecule has 7 unspecified atom stereocenters. The summed E-state index contributed by atoms with van der Waals surface area (Å²) in [5.74, 6) is 1.33. The van der Waals surface area contributed by atoms with Gasteiger partial charge >= 0.3 is 0 Å². The number of hydrogen-bond donors (Lipinski definition) is 4. The smallest absolute Gasteiger partial charge is 0.225 e. The van der Waals surface area contributed by atoms with Gasteiger partial charge in [-0.15, -0.1) is 0 Å². The van der Waals surface area contributed by atoms with E-state index in [0.29, 0.717) is 29.8 Å². The lowest BCUT2D eigenvalue weighted by Gasteiger charge is -2.37. The molecule has 196 valence electrons. The summed E-state index contributed by atoms with van der Waals surface area (Å²) < 4.78 is 0. The Morgan fingerprint density at radius 3 is 2.72 bits per heavy atom. The third-order valence-corrected chi connectivity index (χ3v) is 8.61. The highest BCUT2D eigenvalue weighted by Crippen LogP contribution is 2.31. The monoisotopic (exact) mass is 495 g/mol. The van der Waals surface area contributed by atoms with Gasteiger partial charge in [0.05, 0.1) is 0 Å². The molecule has 10 nitrogen and oxygen atoms in total. The molecule has 2 aliphatic carbocycles. The van der Waals surface area contributed by atoms with E-state index in [1.54, 1.807) is 6.21 Å². The highest BCUT2D eigenvalue weighted by Gasteiger charge is 2.38. The SMILES string of the molecule is CNC1N=CC=NC1C1=CC2NC(NC3CC(CN4CCN(C(=O)C5CC5)CC4)CC=N3)NC2CC1. The number of likely N-dealkylation sites (N-methyl/N-ethyl adjacent to an activating group) is 1. The van der Waals surface area contributed by atoms with Gasteiger partial charge in [0, 0.05) is 69.4 Å². The predicted octanol–water partition coefficient (Wildman–Crippen LogP) is -0.0598. The van der Waals surface area contributed by atoms with Gasteiger partial charge in [-0.3, -0.25) is 45.9 Å². The van der Waals surface area contributed by atoms with E-state index >= 15 is 0 Å². The van der Waals surface area contributed by atoms with E-state index in [2.05, 4.69) is 48.3 Å². The van der Waals surface area contributed by atoms with Gasteiger partial charge in [0.2, 0.25) is 5.91 Å². The summed E-state index contributed by atoms with van der Waals surface area (Å²) in [5, 5.41) is 14.5. The molecule has 1 saturated carbocycles. The average Bonchev–Trinajstić information content (AvgIpc) is 3.68. The normalized spacial score (nSPS) is 38.8. The number of nitrogens with one attached hydrogen (secondary N) is 4. The third kappa shape index (κ3) is 5.47. The highest BCUT2D eigenvalue weighted by molar-refractivity contribution is 6.16. The number of amides is 1. The summed E-state index contributed by atoms with van der Waals surface area (Å²) in [4.78, 5) is 31.0. The van der Waals surface area contributed by atoms with Crippen molar-refractivity contribution >= 4 is 24.6 Å². The Morgan fingerprint density at radius 1 is 1.08 bits per heavy atom. The Kier molecular flexibility index (Phi) is 7.30. The average molecular weight is 496 g/mol. The van der Waals surface area contributed by atoms with Gasteiger partial charge in [-0.25, -0.2) is 0 Å². The van der Waals surface area contributed by atoms with Crippen molar-refractivity contribution in [3.8, 4) is 0 Å². The van der Waals surface area contributed by atoms with Gasteiger partial charge in [0.25, 0.3) is 0 Å². The van der Waals surface area contributed by atoms with Gasteiger partial charge in [-0.2, -0.15) is 0 Å². The van der Waals surface area contributed by atoms with Gasteiger partial charge in [-0.05, 0) is 57.1 Å². The lowest BCUT2D eigenvalue weighted by atomic mass is 9.87. The number of carbonyl (C=O) groups excluding carboxylic acids is 1. The standard InChI is InChI=1S/C26H41N9O/c1-27-24-23(29-8-9-30-24)19-4-5-20-21(15-19)32-26(31-20)33-22-14-17(6-7-28-22)16-34-10-12-35(13-11-34)25(36)18-2-3-18/h7-9,15,17-18,20-24,26-27,31-33H,2-6,10-14,16H2,1H3. The maximum absolute atomic E-state index is 12.3. The molecule has 4 heterocycles. The molecule has 36 heavy (non-hydrogen) atoms. The van der Waals surface area contributed by atoms with E-state index < -0.39 is 0 Å². The molecular weight excluding hydrogens is 454 g/mol. The first-order valence-corrected chi connectivity index (χ1v) is 13.9. The number of hydrogen-bond acceptors (Lipinski definition) is 9. The van der Waals surface area contributed by atoms with Crippen molar-refractivity contribution in [1.82, 2.24) is 31.1 Å². The molecule has 6 aliphatic rings. The van der Waals surface area contributed by atoms with Crippen LogP contribution in [-0.2, 0) is 4.79 Å². The summed E-state index contributed by atoms with van der Waals surface area (Å²) in [6.45, 7) is 4.87. The van der Waals surface area contributed by atoms with Crippen LogP contribution in [-0.4, -0.2) is 111 Å². The summed E-state index contributed by atoms with van der Waals surface area (Å²) in [6.07, 6.45) is 14.7. The number of fused-ring (bicyclic) bond motifs is 1. The maximum atomic E-state index is 12.3. The molecule has 0 aromatic carbocycles. The van der Waals surface area contributed by atoms with Crippen molar-refractivity contribution in [2.45, 2.75) is 75.3 Å². The summed E-state index contributed by atoms with van der Waals surface area (Å²) in [6, 6.07) is 0.809.